The van der Waals surface area contributed by atoms with Crippen LogP contribution in [0.1, 0.15) is 61.9 Å². The van der Waals surface area contributed by atoms with Crippen LogP contribution in [0.2, 0.25) is 0 Å². The second-order valence-corrected chi connectivity index (χ2v) is 10.1. The number of amides is 1. The molecule has 0 radical (unpaired) electrons. The maximum atomic E-state index is 12.3. The molecule has 1 N–H and O–H groups in total. The number of aryl methyl sites for hydroxylation is 1. The molecule has 0 aliphatic carbocycles. The molecule has 1 unspecified atom stereocenters. The topological polar surface area (TPSA) is 77.5 Å². The van der Waals surface area contributed by atoms with E-state index >= 15 is 0 Å². The number of hydrogen-bond acceptors (Lipinski definition) is 5. The third kappa shape index (κ3) is 9.90. The molecule has 3 rings (SSSR count). The minimum atomic E-state index is -0.499. The Kier molecular flexibility index (Phi) is 9.62. The Morgan fingerprint density at radius 3 is 2.31 bits per heavy atom. The van der Waals surface area contributed by atoms with Crippen LogP contribution in [0.15, 0.2) is 73.1 Å². The zero-order valence-electron chi connectivity index (χ0n) is 21.6. The molecule has 6 nitrogen and oxygen atoms in total. The molecule has 0 aliphatic rings. The van der Waals surface area contributed by atoms with E-state index in [-0.39, 0.29) is 18.6 Å². The minimum absolute atomic E-state index is 0.124. The molecule has 0 spiro atoms. The Bertz CT molecular complexity index is 1120. The number of ether oxygens (including phenoxy) is 2. The van der Waals surface area contributed by atoms with Gasteiger partial charge in [0.1, 0.15) is 12.2 Å². The Morgan fingerprint density at radius 2 is 1.61 bits per heavy atom. The Morgan fingerprint density at radius 1 is 0.917 bits per heavy atom. The highest BCUT2D eigenvalue weighted by Gasteiger charge is 2.17. The van der Waals surface area contributed by atoms with E-state index in [2.05, 4.69) is 28.5 Å². The molecule has 1 amide bonds. The second kappa shape index (κ2) is 12.9. The van der Waals surface area contributed by atoms with E-state index in [1.165, 1.54) is 0 Å². The predicted octanol–water partition coefficient (Wildman–Crippen LogP) is 5.80. The summed E-state index contributed by atoms with van der Waals surface area (Å²) in [6.45, 7) is 7.80. The van der Waals surface area contributed by atoms with Gasteiger partial charge in [0, 0.05) is 24.9 Å². The van der Waals surface area contributed by atoms with Crippen LogP contribution in [0.25, 0.3) is 0 Å². The minimum Gasteiger partial charge on any atom is -0.460 e. The lowest BCUT2D eigenvalue weighted by Crippen LogP contribution is -2.34. The van der Waals surface area contributed by atoms with Gasteiger partial charge >= 0.3 is 12.1 Å². The van der Waals surface area contributed by atoms with E-state index < -0.39 is 11.7 Å². The number of hydrogen-bond donors (Lipinski definition) is 1. The number of pyridine rings is 1. The van der Waals surface area contributed by atoms with Crippen molar-refractivity contribution in [3.8, 4) is 0 Å². The fourth-order valence-electron chi connectivity index (χ4n) is 3.95. The Hall–Kier alpha value is -3.67. The maximum Gasteiger partial charge on any atom is 0.407 e. The molecule has 0 saturated carbocycles. The zero-order chi connectivity index (χ0) is 26.0. The Balaban J connectivity index is 1.65. The third-order valence-electron chi connectivity index (χ3n) is 5.40. The molecule has 1 atom stereocenters. The summed E-state index contributed by atoms with van der Waals surface area (Å²) in [5.41, 5.74) is 4.85. The molecule has 36 heavy (non-hydrogen) atoms. The monoisotopic (exact) mass is 488 g/mol. The second-order valence-electron chi connectivity index (χ2n) is 10.1. The summed E-state index contributed by atoms with van der Waals surface area (Å²) in [6, 6.07) is 19.8. The van der Waals surface area contributed by atoms with Crippen LogP contribution in [0, 0.1) is 0 Å². The van der Waals surface area contributed by atoms with Crippen molar-refractivity contribution >= 4 is 12.1 Å². The number of nitrogens with one attached hydrogen (secondary N) is 1. The van der Waals surface area contributed by atoms with E-state index in [0.717, 1.165) is 34.2 Å². The Labute approximate surface area is 214 Å². The van der Waals surface area contributed by atoms with Crippen LogP contribution in [-0.4, -0.2) is 28.7 Å². The summed E-state index contributed by atoms with van der Waals surface area (Å²) in [6.07, 6.45) is 5.46. The fraction of sp³-hybridized carbons (Fsp3) is 0.367. The van der Waals surface area contributed by atoms with Crippen LogP contribution in [-0.2, 0) is 40.1 Å². The first-order valence-electron chi connectivity index (χ1n) is 12.4. The molecular weight excluding hydrogens is 452 g/mol. The average molecular weight is 489 g/mol. The molecule has 3 aromatic rings. The van der Waals surface area contributed by atoms with Gasteiger partial charge in [0.15, 0.2) is 0 Å². The van der Waals surface area contributed by atoms with Crippen LogP contribution in [0.3, 0.4) is 0 Å². The molecule has 1 heterocycles. The number of carbonyl (C=O) groups excluding carboxylic acids is 2. The lowest BCUT2D eigenvalue weighted by Gasteiger charge is -2.19. The summed E-state index contributed by atoms with van der Waals surface area (Å²) < 4.78 is 10.8. The van der Waals surface area contributed by atoms with E-state index in [4.69, 9.17) is 9.47 Å². The summed E-state index contributed by atoms with van der Waals surface area (Å²) in [5.74, 6) is -0.210. The van der Waals surface area contributed by atoms with Crippen molar-refractivity contribution in [2.24, 2.45) is 0 Å². The van der Waals surface area contributed by atoms with E-state index in [1.54, 1.807) is 6.20 Å². The van der Waals surface area contributed by atoms with Gasteiger partial charge in [-0.25, -0.2) is 4.79 Å². The van der Waals surface area contributed by atoms with Crippen molar-refractivity contribution in [2.75, 3.05) is 0 Å². The standard InChI is InChI=1S/C30H36N2O4/c1-22(32-29(34)35-21-23-9-6-5-7-10-23)15-26-16-24(12-13-28(33)36-30(2,3)4)17-27(19-26)18-25-11-8-14-31-20-25/h5-11,14,16-17,19-20,22H,12-13,15,18,21H2,1-4H3,(H,32,34). The molecular formula is C30H36N2O4. The summed E-state index contributed by atoms with van der Waals surface area (Å²) in [5, 5.41) is 2.92. The largest absolute Gasteiger partial charge is 0.460 e. The average Bonchev–Trinajstić information content (AvgIpc) is 2.81. The number of benzene rings is 2. The molecule has 190 valence electrons. The van der Waals surface area contributed by atoms with Crippen molar-refractivity contribution in [1.29, 1.82) is 0 Å². The quantitative estimate of drug-likeness (QED) is 0.365. The first-order valence-corrected chi connectivity index (χ1v) is 12.4. The summed E-state index contributed by atoms with van der Waals surface area (Å²) >= 11 is 0. The fourth-order valence-corrected chi connectivity index (χ4v) is 3.95. The van der Waals surface area contributed by atoms with Gasteiger partial charge < -0.3 is 14.8 Å². The van der Waals surface area contributed by atoms with Gasteiger partial charge in [0.2, 0.25) is 0 Å². The molecule has 1 aromatic heterocycles. The highest BCUT2D eigenvalue weighted by molar-refractivity contribution is 5.70. The highest BCUT2D eigenvalue weighted by Crippen LogP contribution is 2.18. The van der Waals surface area contributed by atoms with E-state index in [9.17, 15) is 9.59 Å². The normalized spacial score (nSPS) is 12.0. The number of aromatic nitrogens is 1. The first-order chi connectivity index (χ1) is 17.2. The van der Waals surface area contributed by atoms with Gasteiger partial charge in [-0.3, -0.25) is 9.78 Å². The van der Waals surface area contributed by atoms with E-state index in [0.29, 0.717) is 19.3 Å². The van der Waals surface area contributed by atoms with Crippen molar-refractivity contribution in [1.82, 2.24) is 10.3 Å². The van der Waals surface area contributed by atoms with Crippen LogP contribution >= 0.6 is 0 Å². The number of alkyl carbamates (subject to hydrolysis) is 1. The lowest BCUT2D eigenvalue weighted by molar-refractivity contribution is -0.154. The molecule has 0 fully saturated rings. The van der Waals surface area contributed by atoms with Gasteiger partial charge in [-0.2, -0.15) is 0 Å². The number of esters is 1. The predicted molar refractivity (Wildman–Crippen MR) is 141 cm³/mol. The smallest absolute Gasteiger partial charge is 0.407 e. The van der Waals surface area contributed by atoms with Crippen LogP contribution in [0.5, 0.6) is 0 Å². The maximum absolute atomic E-state index is 12.3. The molecule has 0 bridgehead atoms. The highest BCUT2D eigenvalue weighted by atomic mass is 16.6. The molecule has 0 saturated heterocycles. The van der Waals surface area contributed by atoms with Gasteiger partial charge in [-0.1, -0.05) is 54.6 Å². The number of carbonyl (C=O) groups is 2. The lowest BCUT2D eigenvalue weighted by atomic mass is 9.95. The molecule has 0 aliphatic heterocycles. The van der Waals surface area contributed by atoms with Gasteiger partial charge in [-0.05, 0) is 80.8 Å². The van der Waals surface area contributed by atoms with Gasteiger partial charge in [0.05, 0.1) is 0 Å². The third-order valence-corrected chi connectivity index (χ3v) is 5.40. The number of rotatable bonds is 10. The van der Waals surface area contributed by atoms with Crippen molar-refractivity contribution in [3.05, 3.63) is 101 Å². The zero-order valence-corrected chi connectivity index (χ0v) is 21.6. The summed E-state index contributed by atoms with van der Waals surface area (Å²) in [7, 11) is 0. The number of nitrogens with zero attached hydrogens (tertiary/aromatic N) is 1. The van der Waals surface area contributed by atoms with Crippen molar-refractivity contribution in [3.63, 3.8) is 0 Å². The van der Waals surface area contributed by atoms with Crippen molar-refractivity contribution < 1.29 is 19.1 Å². The first kappa shape index (κ1) is 26.9. The summed E-state index contributed by atoms with van der Waals surface area (Å²) in [4.78, 5) is 28.8. The molecule has 2 aromatic carbocycles. The van der Waals surface area contributed by atoms with Crippen LogP contribution < -0.4 is 5.32 Å². The van der Waals surface area contributed by atoms with Gasteiger partial charge in [0.25, 0.3) is 0 Å². The van der Waals surface area contributed by atoms with Gasteiger partial charge in [-0.15, -0.1) is 0 Å². The van der Waals surface area contributed by atoms with Crippen LogP contribution in [0.4, 0.5) is 4.79 Å². The van der Waals surface area contributed by atoms with Crippen molar-refractivity contribution in [2.45, 2.75) is 71.6 Å². The molecule has 6 heteroatoms. The van der Waals surface area contributed by atoms with E-state index in [1.807, 2.05) is 76.4 Å². The SMILES string of the molecule is CC(Cc1cc(CCC(=O)OC(C)(C)C)cc(Cc2cccnc2)c1)NC(=O)OCc1ccccc1.